The lowest BCUT2D eigenvalue weighted by Crippen LogP contribution is -2.11. The van der Waals surface area contributed by atoms with E-state index in [0.717, 1.165) is 16.9 Å². The number of amides is 1. The monoisotopic (exact) mass is 401 g/mol. The van der Waals surface area contributed by atoms with Gasteiger partial charge in [-0.15, -0.1) is 11.3 Å². The molecule has 1 N–H and O–H groups in total. The Labute approximate surface area is 173 Å². The van der Waals surface area contributed by atoms with Crippen molar-refractivity contribution < 1.29 is 9.53 Å². The molecule has 0 atom stereocenters. The standard InChI is InChI=1S/C23H19N3O2S/c27-22(26-23-25-15-21(29-23)13-17-5-2-1-3-6-17)19-8-10-20(11-9-19)28-16-18-7-4-12-24-14-18/h1-12,14-15H,13,16H2,(H,25,26,27). The van der Waals surface area contributed by atoms with Crippen LogP contribution in [0.15, 0.2) is 85.3 Å². The number of pyridine rings is 1. The minimum atomic E-state index is -0.190. The maximum absolute atomic E-state index is 12.5. The third-order valence-electron chi connectivity index (χ3n) is 4.24. The summed E-state index contributed by atoms with van der Waals surface area (Å²) in [6.45, 7) is 0.433. The fourth-order valence-electron chi connectivity index (χ4n) is 2.77. The smallest absolute Gasteiger partial charge is 0.257 e. The first-order valence-corrected chi connectivity index (χ1v) is 10.00. The molecular formula is C23H19N3O2S. The molecule has 0 aliphatic rings. The molecule has 5 nitrogen and oxygen atoms in total. The molecule has 2 heterocycles. The van der Waals surface area contributed by atoms with Crippen molar-refractivity contribution in [2.75, 3.05) is 5.32 Å². The van der Waals surface area contributed by atoms with Gasteiger partial charge in [0, 0.05) is 41.0 Å². The number of nitrogens with one attached hydrogen (secondary N) is 1. The van der Waals surface area contributed by atoms with Crippen molar-refractivity contribution in [1.82, 2.24) is 9.97 Å². The maximum Gasteiger partial charge on any atom is 0.257 e. The molecule has 144 valence electrons. The highest BCUT2D eigenvalue weighted by atomic mass is 32.1. The van der Waals surface area contributed by atoms with Crippen LogP contribution >= 0.6 is 11.3 Å². The summed E-state index contributed by atoms with van der Waals surface area (Å²) in [6.07, 6.45) is 6.10. The lowest BCUT2D eigenvalue weighted by Gasteiger charge is -2.07. The second kappa shape index (κ2) is 9.12. The minimum absolute atomic E-state index is 0.190. The first-order chi connectivity index (χ1) is 14.3. The van der Waals surface area contributed by atoms with Crippen LogP contribution in [0.2, 0.25) is 0 Å². The van der Waals surface area contributed by atoms with E-state index in [0.29, 0.717) is 23.1 Å². The minimum Gasteiger partial charge on any atom is -0.489 e. The van der Waals surface area contributed by atoms with Crippen molar-refractivity contribution in [3.05, 3.63) is 107 Å². The van der Waals surface area contributed by atoms with Crippen LogP contribution in [0.5, 0.6) is 5.75 Å². The zero-order chi connectivity index (χ0) is 19.9. The van der Waals surface area contributed by atoms with Crippen LogP contribution < -0.4 is 10.1 Å². The fourth-order valence-corrected chi connectivity index (χ4v) is 3.61. The van der Waals surface area contributed by atoms with Crippen LogP contribution in [0, 0.1) is 0 Å². The molecule has 0 fully saturated rings. The molecule has 0 saturated carbocycles. The predicted molar refractivity (Wildman–Crippen MR) is 114 cm³/mol. The van der Waals surface area contributed by atoms with Crippen LogP contribution in [0.1, 0.15) is 26.4 Å². The molecule has 2 aromatic carbocycles. The Bertz CT molecular complexity index is 1060. The Balaban J connectivity index is 1.33. The van der Waals surface area contributed by atoms with Gasteiger partial charge in [0.05, 0.1) is 0 Å². The Morgan fingerprint density at radius 1 is 0.931 bits per heavy atom. The second-order valence-corrected chi connectivity index (χ2v) is 7.54. The van der Waals surface area contributed by atoms with Gasteiger partial charge < -0.3 is 4.74 Å². The van der Waals surface area contributed by atoms with Crippen molar-refractivity contribution in [3.8, 4) is 5.75 Å². The number of thiazole rings is 1. The van der Waals surface area contributed by atoms with Crippen molar-refractivity contribution >= 4 is 22.4 Å². The van der Waals surface area contributed by atoms with Crippen molar-refractivity contribution in [2.24, 2.45) is 0 Å². The highest BCUT2D eigenvalue weighted by molar-refractivity contribution is 7.15. The van der Waals surface area contributed by atoms with Crippen molar-refractivity contribution in [2.45, 2.75) is 13.0 Å². The van der Waals surface area contributed by atoms with Crippen molar-refractivity contribution in [1.29, 1.82) is 0 Å². The van der Waals surface area contributed by atoms with E-state index in [1.807, 2.05) is 36.5 Å². The van der Waals surface area contributed by atoms with E-state index in [-0.39, 0.29) is 5.91 Å². The molecule has 0 unspecified atom stereocenters. The number of carbonyl (C=O) groups excluding carboxylic acids is 1. The molecule has 0 spiro atoms. The number of nitrogens with zero attached hydrogens (tertiary/aromatic N) is 2. The summed E-state index contributed by atoms with van der Waals surface area (Å²) >= 11 is 1.49. The zero-order valence-electron chi connectivity index (χ0n) is 15.6. The zero-order valence-corrected chi connectivity index (χ0v) is 16.4. The number of ether oxygens (including phenoxy) is 1. The van der Waals surface area contributed by atoms with Crippen LogP contribution in [0.3, 0.4) is 0 Å². The number of aromatic nitrogens is 2. The molecule has 0 aliphatic carbocycles. The molecule has 0 bridgehead atoms. The van der Waals surface area contributed by atoms with E-state index >= 15 is 0 Å². The van der Waals surface area contributed by atoms with Gasteiger partial charge in [-0.2, -0.15) is 0 Å². The van der Waals surface area contributed by atoms with Gasteiger partial charge in [-0.3, -0.25) is 15.1 Å². The number of hydrogen-bond acceptors (Lipinski definition) is 5. The lowest BCUT2D eigenvalue weighted by molar-refractivity contribution is 0.102. The highest BCUT2D eigenvalue weighted by Crippen LogP contribution is 2.22. The number of rotatable bonds is 7. The van der Waals surface area contributed by atoms with Gasteiger partial charge in [0.2, 0.25) is 0 Å². The first kappa shape index (κ1) is 18.8. The van der Waals surface area contributed by atoms with Gasteiger partial charge in [0.15, 0.2) is 5.13 Å². The molecular weight excluding hydrogens is 382 g/mol. The van der Waals surface area contributed by atoms with E-state index in [4.69, 9.17) is 4.74 Å². The lowest BCUT2D eigenvalue weighted by atomic mass is 10.1. The third-order valence-corrected chi connectivity index (χ3v) is 5.15. The average molecular weight is 401 g/mol. The third kappa shape index (κ3) is 5.27. The molecule has 0 aliphatic heterocycles. The average Bonchev–Trinajstić information content (AvgIpc) is 3.20. The Kier molecular flexibility index (Phi) is 5.92. The summed E-state index contributed by atoms with van der Waals surface area (Å²) in [5, 5.41) is 3.46. The predicted octanol–water partition coefficient (Wildman–Crippen LogP) is 4.96. The summed E-state index contributed by atoms with van der Waals surface area (Å²) in [6, 6.07) is 21.1. The summed E-state index contributed by atoms with van der Waals surface area (Å²) < 4.78 is 5.72. The maximum atomic E-state index is 12.5. The van der Waals surface area contributed by atoms with Crippen LogP contribution in [-0.4, -0.2) is 15.9 Å². The SMILES string of the molecule is O=C(Nc1ncc(Cc2ccccc2)s1)c1ccc(OCc2cccnc2)cc1. The van der Waals surface area contributed by atoms with Crippen LogP contribution in [-0.2, 0) is 13.0 Å². The van der Waals surface area contributed by atoms with Gasteiger partial charge in [-0.1, -0.05) is 36.4 Å². The van der Waals surface area contributed by atoms with Crippen molar-refractivity contribution in [3.63, 3.8) is 0 Å². The van der Waals surface area contributed by atoms with Crippen LogP contribution in [0.25, 0.3) is 0 Å². The molecule has 1 amide bonds. The summed E-state index contributed by atoms with van der Waals surface area (Å²) in [5.74, 6) is 0.509. The number of anilines is 1. The molecule has 2 aromatic heterocycles. The molecule has 6 heteroatoms. The molecule has 4 rings (SSSR count). The fraction of sp³-hybridized carbons (Fsp3) is 0.0870. The Morgan fingerprint density at radius 3 is 2.48 bits per heavy atom. The normalized spacial score (nSPS) is 10.5. The first-order valence-electron chi connectivity index (χ1n) is 9.18. The van der Waals surface area contributed by atoms with Gasteiger partial charge >= 0.3 is 0 Å². The molecule has 0 saturated heterocycles. The number of hydrogen-bond donors (Lipinski definition) is 1. The van der Waals surface area contributed by atoms with E-state index in [1.54, 1.807) is 36.7 Å². The highest BCUT2D eigenvalue weighted by Gasteiger charge is 2.10. The number of benzene rings is 2. The van der Waals surface area contributed by atoms with Gasteiger partial charge in [0.1, 0.15) is 12.4 Å². The molecule has 29 heavy (non-hydrogen) atoms. The Hall–Kier alpha value is -3.51. The topological polar surface area (TPSA) is 64.1 Å². The largest absolute Gasteiger partial charge is 0.489 e. The molecule has 0 radical (unpaired) electrons. The van der Waals surface area contributed by atoms with E-state index < -0.39 is 0 Å². The second-order valence-electron chi connectivity index (χ2n) is 6.42. The molecule has 4 aromatic rings. The van der Waals surface area contributed by atoms with Gasteiger partial charge in [-0.25, -0.2) is 4.98 Å². The van der Waals surface area contributed by atoms with E-state index in [1.165, 1.54) is 16.9 Å². The summed E-state index contributed by atoms with van der Waals surface area (Å²) in [7, 11) is 0. The quantitative estimate of drug-likeness (QED) is 0.475. The summed E-state index contributed by atoms with van der Waals surface area (Å²) in [5.41, 5.74) is 2.76. The van der Waals surface area contributed by atoms with Gasteiger partial charge in [0.25, 0.3) is 5.91 Å². The van der Waals surface area contributed by atoms with Crippen LogP contribution in [0.4, 0.5) is 5.13 Å². The van der Waals surface area contributed by atoms with Gasteiger partial charge in [-0.05, 0) is 35.9 Å². The van der Waals surface area contributed by atoms with E-state index in [2.05, 4.69) is 27.4 Å². The summed E-state index contributed by atoms with van der Waals surface area (Å²) in [4.78, 5) is 22.0. The van der Waals surface area contributed by atoms with E-state index in [9.17, 15) is 4.79 Å². The number of carbonyl (C=O) groups is 1. The Morgan fingerprint density at radius 2 is 1.72 bits per heavy atom.